The van der Waals surface area contributed by atoms with Gasteiger partial charge in [0, 0.05) is 41.3 Å². The fourth-order valence-electron chi connectivity index (χ4n) is 4.58. The van der Waals surface area contributed by atoms with E-state index in [0.717, 1.165) is 24.1 Å². The van der Waals surface area contributed by atoms with Gasteiger partial charge in [-0.25, -0.2) is 4.98 Å². The molecular weight excluding hydrogens is 380 g/mol. The van der Waals surface area contributed by atoms with Crippen LogP contribution in [0, 0.1) is 0 Å². The first kappa shape index (κ1) is 18.5. The van der Waals surface area contributed by atoms with Crippen molar-refractivity contribution >= 4 is 22.5 Å². The Kier molecular flexibility index (Phi) is 4.69. The van der Waals surface area contributed by atoms with E-state index in [-0.39, 0.29) is 0 Å². The summed E-state index contributed by atoms with van der Waals surface area (Å²) in [5.74, 6) is 0. The fourth-order valence-corrected chi connectivity index (χ4v) is 4.72. The van der Waals surface area contributed by atoms with E-state index >= 15 is 0 Å². The smallest absolute Gasteiger partial charge is 0.202 e. The van der Waals surface area contributed by atoms with Crippen molar-refractivity contribution in [1.82, 2.24) is 19.9 Å². The summed E-state index contributed by atoms with van der Waals surface area (Å²) in [6.07, 6.45) is 5.30. The van der Waals surface area contributed by atoms with Crippen LogP contribution in [0.2, 0.25) is 5.28 Å². The van der Waals surface area contributed by atoms with E-state index in [1.54, 1.807) is 0 Å². The van der Waals surface area contributed by atoms with Crippen molar-refractivity contribution < 1.29 is 0 Å². The molecule has 2 aromatic heterocycles. The molecule has 2 heterocycles. The largest absolute Gasteiger partial charge is 0.357 e. The Morgan fingerprint density at radius 1 is 1.21 bits per heavy atom. The van der Waals surface area contributed by atoms with Gasteiger partial charge in [-0.1, -0.05) is 36.4 Å². The van der Waals surface area contributed by atoms with E-state index in [4.69, 9.17) is 11.6 Å². The maximum absolute atomic E-state index is 6.15. The van der Waals surface area contributed by atoms with Gasteiger partial charge >= 0.3 is 0 Å². The van der Waals surface area contributed by atoms with Crippen molar-refractivity contribution in [2.45, 2.75) is 38.3 Å². The predicted octanol–water partition coefficient (Wildman–Crippen LogP) is 5.95. The van der Waals surface area contributed by atoms with Gasteiger partial charge in [0.15, 0.2) is 0 Å². The molecule has 2 atom stereocenters. The second-order valence-electron chi connectivity index (χ2n) is 7.99. The first-order valence-electron chi connectivity index (χ1n) is 10.2. The van der Waals surface area contributed by atoms with Gasteiger partial charge in [0.1, 0.15) is 0 Å². The fraction of sp³-hybridized carbons (Fsp3) is 0.292. The molecule has 1 unspecified atom stereocenters. The summed E-state index contributed by atoms with van der Waals surface area (Å²) in [6.45, 7) is 2.25. The Morgan fingerprint density at radius 3 is 2.79 bits per heavy atom. The van der Waals surface area contributed by atoms with Gasteiger partial charge in [0.25, 0.3) is 0 Å². The lowest BCUT2D eigenvalue weighted by Crippen LogP contribution is -2.27. The molecule has 0 saturated carbocycles. The molecule has 2 aromatic carbocycles. The third-order valence-electron chi connectivity index (χ3n) is 6.19. The second kappa shape index (κ2) is 7.36. The number of hydrogen-bond acceptors (Lipinski definition) is 2. The first-order valence-corrected chi connectivity index (χ1v) is 10.6. The zero-order valence-electron chi connectivity index (χ0n) is 16.7. The van der Waals surface area contributed by atoms with Gasteiger partial charge in [-0.15, -0.1) is 0 Å². The lowest BCUT2D eigenvalue weighted by atomic mass is 9.90. The molecule has 2 N–H and O–H groups in total. The third kappa shape index (κ3) is 3.26. The molecule has 4 aromatic rings. The van der Waals surface area contributed by atoms with Crippen molar-refractivity contribution in [2.24, 2.45) is 7.05 Å². The topological polar surface area (TPSA) is 45.6 Å². The van der Waals surface area contributed by atoms with Gasteiger partial charge in [0.05, 0.1) is 11.9 Å². The lowest BCUT2D eigenvalue weighted by molar-refractivity contribution is 0.410. The zero-order chi connectivity index (χ0) is 20.0. The molecule has 0 aliphatic heterocycles. The van der Waals surface area contributed by atoms with Crippen LogP contribution >= 0.6 is 11.6 Å². The summed E-state index contributed by atoms with van der Waals surface area (Å²) >= 11 is 6.15. The van der Waals surface area contributed by atoms with Crippen molar-refractivity contribution in [3.05, 3.63) is 76.8 Å². The Labute approximate surface area is 175 Å². The molecule has 5 heteroatoms. The molecule has 0 spiro atoms. The van der Waals surface area contributed by atoms with Crippen molar-refractivity contribution in [2.75, 3.05) is 0 Å². The molecule has 0 radical (unpaired) electrons. The van der Waals surface area contributed by atoms with E-state index in [9.17, 15) is 0 Å². The highest BCUT2D eigenvalue weighted by Crippen LogP contribution is 2.37. The average Bonchev–Trinajstić information content (AvgIpc) is 3.29. The molecule has 1 aliphatic rings. The zero-order valence-corrected chi connectivity index (χ0v) is 17.5. The highest BCUT2D eigenvalue weighted by Gasteiger charge is 2.26. The van der Waals surface area contributed by atoms with Crippen molar-refractivity contribution in [1.29, 1.82) is 0 Å². The van der Waals surface area contributed by atoms with Gasteiger partial charge in [-0.2, -0.15) is 0 Å². The molecule has 0 fully saturated rings. The number of aryl methyl sites for hydroxylation is 1. The standard InChI is InChI=1S/C24H25ClN4/c1-15(16-7-4-3-5-8-16)27-21-10-6-9-18-19-13-17(11-12-20(19)28-23(18)21)22-14-26-24(25)29(22)2/h3-5,7-8,11-15,21,27-28H,6,9-10H2,1-2H3/t15-,21?/m1/s1. The maximum Gasteiger partial charge on any atom is 0.202 e. The first-order chi connectivity index (χ1) is 14.1. The minimum Gasteiger partial charge on any atom is -0.357 e. The molecule has 0 bridgehead atoms. The molecule has 4 nitrogen and oxygen atoms in total. The Balaban J connectivity index is 1.50. The van der Waals surface area contributed by atoms with E-state index in [2.05, 4.69) is 70.7 Å². The summed E-state index contributed by atoms with van der Waals surface area (Å²) in [5.41, 5.74) is 7.50. The number of fused-ring (bicyclic) bond motifs is 3. The minimum atomic E-state index is 0.311. The van der Waals surface area contributed by atoms with Gasteiger partial charge < -0.3 is 14.9 Å². The average molecular weight is 405 g/mol. The van der Waals surface area contributed by atoms with Crippen LogP contribution in [0.3, 0.4) is 0 Å². The molecule has 5 rings (SSSR count). The van der Waals surface area contributed by atoms with Gasteiger partial charge in [0.2, 0.25) is 5.28 Å². The quantitative estimate of drug-likeness (QED) is 0.441. The molecule has 29 heavy (non-hydrogen) atoms. The number of hydrogen-bond donors (Lipinski definition) is 2. The number of halogens is 1. The molecule has 0 amide bonds. The van der Waals surface area contributed by atoms with Crippen LogP contribution in [-0.2, 0) is 13.5 Å². The number of rotatable bonds is 4. The normalized spacial score (nSPS) is 17.4. The van der Waals surface area contributed by atoms with E-state index < -0.39 is 0 Å². The second-order valence-corrected chi connectivity index (χ2v) is 8.33. The summed E-state index contributed by atoms with van der Waals surface area (Å²) in [6, 6.07) is 17.9. The monoisotopic (exact) mass is 404 g/mol. The van der Waals surface area contributed by atoms with E-state index in [1.807, 2.05) is 17.8 Å². The summed E-state index contributed by atoms with van der Waals surface area (Å²) in [5, 5.41) is 5.67. The van der Waals surface area contributed by atoms with Crippen LogP contribution in [0.1, 0.15) is 48.7 Å². The maximum atomic E-state index is 6.15. The van der Waals surface area contributed by atoms with Crippen molar-refractivity contribution in [3.8, 4) is 11.3 Å². The van der Waals surface area contributed by atoms with Crippen LogP contribution in [0.4, 0.5) is 0 Å². The van der Waals surface area contributed by atoms with Gasteiger partial charge in [-0.05, 0) is 61.0 Å². The number of H-pyrrole nitrogens is 1. The Hall–Kier alpha value is -2.56. The van der Waals surface area contributed by atoms with Crippen LogP contribution in [0.25, 0.3) is 22.2 Å². The number of nitrogens with one attached hydrogen (secondary N) is 2. The van der Waals surface area contributed by atoms with E-state index in [0.29, 0.717) is 17.4 Å². The number of nitrogens with zero attached hydrogens (tertiary/aromatic N) is 2. The van der Waals surface area contributed by atoms with Crippen LogP contribution in [0.15, 0.2) is 54.7 Å². The molecule has 1 aliphatic carbocycles. The lowest BCUT2D eigenvalue weighted by Gasteiger charge is -2.27. The third-order valence-corrected chi connectivity index (χ3v) is 6.54. The van der Waals surface area contributed by atoms with Crippen LogP contribution in [0.5, 0.6) is 0 Å². The molecular formula is C24H25ClN4. The number of aromatic amines is 1. The highest BCUT2D eigenvalue weighted by molar-refractivity contribution is 6.28. The van der Waals surface area contributed by atoms with Crippen molar-refractivity contribution in [3.63, 3.8) is 0 Å². The van der Waals surface area contributed by atoms with Gasteiger partial charge in [-0.3, -0.25) is 0 Å². The van der Waals surface area contributed by atoms with E-state index in [1.165, 1.54) is 34.1 Å². The number of benzene rings is 2. The Bertz CT molecular complexity index is 1160. The minimum absolute atomic E-state index is 0.311. The number of aromatic nitrogens is 3. The summed E-state index contributed by atoms with van der Waals surface area (Å²) in [7, 11) is 1.95. The summed E-state index contributed by atoms with van der Waals surface area (Å²) < 4.78 is 1.92. The molecule has 0 saturated heterocycles. The van der Waals surface area contributed by atoms with Crippen LogP contribution in [-0.4, -0.2) is 14.5 Å². The van der Waals surface area contributed by atoms with Crippen LogP contribution < -0.4 is 5.32 Å². The molecule has 148 valence electrons. The predicted molar refractivity (Wildman–Crippen MR) is 119 cm³/mol. The summed E-state index contributed by atoms with van der Waals surface area (Å²) in [4.78, 5) is 7.94. The number of imidazole rings is 1. The Morgan fingerprint density at radius 2 is 2.03 bits per heavy atom. The SMILES string of the molecule is C[C@@H](NC1CCCc2c1[nH]c1ccc(-c3cnc(Cl)n3C)cc21)c1ccccc1. The highest BCUT2D eigenvalue weighted by atomic mass is 35.5.